The molecule has 0 aliphatic carbocycles. The van der Waals surface area contributed by atoms with Crippen LogP contribution in [0.3, 0.4) is 0 Å². The van der Waals surface area contributed by atoms with E-state index in [4.69, 9.17) is 0 Å². The Kier molecular flexibility index (Phi) is 4.59. The molecule has 110 valence electrons. The SMILES string of the molecule is CCNc1cnccc1C(=O)NCC1CCCS1(=O)=O. The number of nitrogens with zero attached hydrogens (tertiary/aromatic N) is 1. The van der Waals surface area contributed by atoms with Gasteiger partial charge in [0.25, 0.3) is 5.91 Å². The molecule has 0 saturated carbocycles. The van der Waals surface area contributed by atoms with Crippen molar-refractivity contribution in [3.63, 3.8) is 0 Å². The van der Waals surface area contributed by atoms with Crippen LogP contribution in [-0.2, 0) is 9.84 Å². The van der Waals surface area contributed by atoms with E-state index in [1.165, 1.54) is 0 Å². The minimum atomic E-state index is -3.03. The maximum absolute atomic E-state index is 12.1. The number of hydrogen-bond acceptors (Lipinski definition) is 5. The molecule has 2 heterocycles. The van der Waals surface area contributed by atoms with Crippen molar-refractivity contribution in [2.45, 2.75) is 25.0 Å². The van der Waals surface area contributed by atoms with Crippen LogP contribution < -0.4 is 10.6 Å². The van der Waals surface area contributed by atoms with Crippen molar-refractivity contribution in [3.05, 3.63) is 24.0 Å². The number of aromatic nitrogens is 1. The standard InChI is InChI=1S/C13H19N3O3S/c1-2-15-12-9-14-6-5-11(12)13(17)16-8-10-4-3-7-20(10,18)19/h5-6,9-10,15H,2-4,7-8H2,1H3,(H,16,17). The Morgan fingerprint density at radius 2 is 2.30 bits per heavy atom. The van der Waals surface area contributed by atoms with Crippen molar-refractivity contribution < 1.29 is 13.2 Å². The smallest absolute Gasteiger partial charge is 0.253 e. The van der Waals surface area contributed by atoms with Gasteiger partial charge in [-0.1, -0.05) is 0 Å². The quantitative estimate of drug-likeness (QED) is 0.840. The summed E-state index contributed by atoms with van der Waals surface area (Å²) >= 11 is 0. The molecular formula is C13H19N3O3S. The van der Waals surface area contributed by atoms with Gasteiger partial charge in [0, 0.05) is 19.3 Å². The monoisotopic (exact) mass is 297 g/mol. The molecular weight excluding hydrogens is 278 g/mol. The Hall–Kier alpha value is -1.63. The van der Waals surface area contributed by atoms with Crippen molar-refractivity contribution in [2.75, 3.05) is 24.2 Å². The number of hydrogen-bond donors (Lipinski definition) is 2. The maximum atomic E-state index is 12.1. The molecule has 2 N–H and O–H groups in total. The fourth-order valence-corrected chi connectivity index (χ4v) is 4.08. The Balaban J connectivity index is 2.02. The lowest BCUT2D eigenvalue weighted by atomic mass is 10.2. The number of carbonyl (C=O) groups is 1. The largest absolute Gasteiger partial charge is 0.383 e. The highest BCUT2D eigenvalue weighted by Crippen LogP contribution is 2.19. The lowest BCUT2D eigenvalue weighted by Gasteiger charge is -2.13. The van der Waals surface area contributed by atoms with Crippen LogP contribution in [0.15, 0.2) is 18.5 Å². The highest BCUT2D eigenvalue weighted by Gasteiger charge is 2.31. The van der Waals surface area contributed by atoms with Gasteiger partial charge in [0.1, 0.15) is 0 Å². The molecule has 1 aliphatic rings. The van der Waals surface area contributed by atoms with Crippen molar-refractivity contribution in [1.82, 2.24) is 10.3 Å². The summed E-state index contributed by atoms with van der Waals surface area (Å²) in [5.74, 6) is -0.0451. The predicted octanol–water partition coefficient (Wildman–Crippen LogP) is 0.820. The van der Waals surface area contributed by atoms with E-state index in [1.807, 2.05) is 6.92 Å². The van der Waals surface area contributed by atoms with Gasteiger partial charge in [-0.2, -0.15) is 0 Å². The molecule has 0 bridgehead atoms. The van der Waals surface area contributed by atoms with E-state index in [0.717, 1.165) is 0 Å². The first-order valence-corrected chi connectivity index (χ1v) is 8.44. The second-order valence-corrected chi connectivity index (χ2v) is 7.19. The lowest BCUT2D eigenvalue weighted by molar-refractivity contribution is 0.0954. The van der Waals surface area contributed by atoms with Crippen molar-refractivity contribution in [1.29, 1.82) is 0 Å². The van der Waals surface area contributed by atoms with Gasteiger partial charge in [-0.3, -0.25) is 9.78 Å². The molecule has 1 fully saturated rings. The highest BCUT2D eigenvalue weighted by molar-refractivity contribution is 7.92. The van der Waals surface area contributed by atoms with E-state index in [1.54, 1.807) is 18.5 Å². The highest BCUT2D eigenvalue weighted by atomic mass is 32.2. The van der Waals surface area contributed by atoms with Crippen molar-refractivity contribution in [2.24, 2.45) is 0 Å². The number of rotatable bonds is 5. The minimum absolute atomic E-state index is 0.176. The molecule has 1 aromatic heterocycles. The van der Waals surface area contributed by atoms with Crippen molar-refractivity contribution in [3.8, 4) is 0 Å². The average molecular weight is 297 g/mol. The number of pyridine rings is 1. The van der Waals surface area contributed by atoms with Crippen LogP contribution in [0.2, 0.25) is 0 Å². The van der Waals surface area contributed by atoms with Crippen LogP contribution in [0.25, 0.3) is 0 Å². The molecule has 1 amide bonds. The molecule has 0 radical (unpaired) electrons. The second kappa shape index (κ2) is 6.21. The molecule has 2 rings (SSSR count). The van der Waals surface area contributed by atoms with Gasteiger partial charge in [-0.25, -0.2) is 8.42 Å². The van der Waals surface area contributed by atoms with Gasteiger partial charge in [-0.15, -0.1) is 0 Å². The summed E-state index contributed by atoms with van der Waals surface area (Å²) in [6.45, 7) is 2.79. The van der Waals surface area contributed by atoms with E-state index in [-0.39, 0.29) is 18.2 Å². The minimum Gasteiger partial charge on any atom is -0.383 e. The Morgan fingerprint density at radius 3 is 2.95 bits per heavy atom. The van der Waals surface area contributed by atoms with Crippen LogP contribution in [0, 0.1) is 0 Å². The summed E-state index contributed by atoms with van der Waals surface area (Å²) in [5.41, 5.74) is 1.14. The zero-order valence-electron chi connectivity index (χ0n) is 11.4. The van der Waals surface area contributed by atoms with Crippen molar-refractivity contribution >= 4 is 21.4 Å². The van der Waals surface area contributed by atoms with E-state index in [2.05, 4.69) is 15.6 Å². The second-order valence-electron chi connectivity index (χ2n) is 4.79. The molecule has 7 heteroatoms. The van der Waals surface area contributed by atoms with E-state index in [0.29, 0.717) is 30.6 Å². The van der Waals surface area contributed by atoms with Gasteiger partial charge in [0.05, 0.1) is 28.5 Å². The van der Waals surface area contributed by atoms with Gasteiger partial charge >= 0.3 is 0 Å². The first-order valence-electron chi connectivity index (χ1n) is 6.72. The third kappa shape index (κ3) is 3.27. The van der Waals surface area contributed by atoms with Gasteiger partial charge in [0.15, 0.2) is 9.84 Å². The zero-order chi connectivity index (χ0) is 14.6. The van der Waals surface area contributed by atoms with Crippen LogP contribution >= 0.6 is 0 Å². The van der Waals surface area contributed by atoms with Gasteiger partial charge in [-0.05, 0) is 25.8 Å². The molecule has 1 aromatic rings. The third-order valence-corrected chi connectivity index (χ3v) is 5.66. The molecule has 20 heavy (non-hydrogen) atoms. The molecule has 1 unspecified atom stereocenters. The molecule has 1 aliphatic heterocycles. The van der Waals surface area contributed by atoms with E-state index in [9.17, 15) is 13.2 Å². The molecule has 1 saturated heterocycles. The average Bonchev–Trinajstić information content (AvgIpc) is 2.76. The van der Waals surface area contributed by atoms with Crippen LogP contribution in [0.4, 0.5) is 5.69 Å². The number of carbonyl (C=O) groups excluding carboxylic acids is 1. The van der Waals surface area contributed by atoms with Crippen LogP contribution in [-0.4, -0.2) is 43.4 Å². The molecule has 6 nitrogen and oxygen atoms in total. The Morgan fingerprint density at radius 1 is 1.50 bits per heavy atom. The van der Waals surface area contributed by atoms with Crippen LogP contribution in [0.1, 0.15) is 30.1 Å². The Bertz CT molecular complexity index is 586. The fourth-order valence-electron chi connectivity index (χ4n) is 2.31. The van der Waals surface area contributed by atoms with Gasteiger partial charge in [0.2, 0.25) is 0 Å². The summed E-state index contributed by atoms with van der Waals surface area (Å²) in [7, 11) is -3.03. The summed E-state index contributed by atoms with van der Waals surface area (Å²) in [5, 5.41) is 5.32. The normalized spacial score (nSPS) is 20.6. The first kappa shape index (κ1) is 14.8. The van der Waals surface area contributed by atoms with E-state index >= 15 is 0 Å². The summed E-state index contributed by atoms with van der Waals surface area (Å²) in [6.07, 6.45) is 4.44. The molecule has 0 spiro atoms. The number of sulfone groups is 1. The van der Waals surface area contributed by atoms with E-state index < -0.39 is 15.1 Å². The first-order chi connectivity index (χ1) is 9.54. The zero-order valence-corrected chi connectivity index (χ0v) is 12.2. The number of anilines is 1. The maximum Gasteiger partial charge on any atom is 0.253 e. The topological polar surface area (TPSA) is 88.2 Å². The summed E-state index contributed by atoms with van der Waals surface area (Å²) in [4.78, 5) is 16.1. The lowest BCUT2D eigenvalue weighted by Crippen LogP contribution is -2.34. The predicted molar refractivity (Wildman–Crippen MR) is 77.5 cm³/mol. The number of amides is 1. The van der Waals surface area contributed by atoms with Gasteiger partial charge < -0.3 is 10.6 Å². The van der Waals surface area contributed by atoms with Crippen LogP contribution in [0.5, 0.6) is 0 Å². The fraction of sp³-hybridized carbons (Fsp3) is 0.538. The summed E-state index contributed by atoms with van der Waals surface area (Å²) < 4.78 is 23.4. The molecule has 0 aromatic carbocycles. The third-order valence-electron chi connectivity index (χ3n) is 3.39. The Labute approximate surface area is 118 Å². The summed E-state index contributed by atoms with van der Waals surface area (Å²) in [6, 6.07) is 1.62. The molecule has 1 atom stereocenters. The number of nitrogens with one attached hydrogen (secondary N) is 2.